The lowest BCUT2D eigenvalue weighted by atomic mass is 10.3. The molecular formula is C10H16OS. The molecule has 0 unspecified atom stereocenters. The number of aryl methyl sites for hydroxylation is 2. The molecule has 0 aliphatic heterocycles. The van der Waals surface area contributed by atoms with Gasteiger partial charge >= 0.3 is 0 Å². The monoisotopic (exact) mass is 184 g/mol. The predicted molar refractivity (Wildman–Crippen MR) is 53.7 cm³/mol. The van der Waals surface area contributed by atoms with Crippen molar-refractivity contribution in [2.24, 2.45) is 0 Å². The van der Waals surface area contributed by atoms with Gasteiger partial charge in [0.15, 0.2) is 0 Å². The summed E-state index contributed by atoms with van der Waals surface area (Å²) in [6.45, 7) is 8.08. The van der Waals surface area contributed by atoms with Crippen LogP contribution in [0.1, 0.15) is 28.7 Å². The Kier molecular flexibility index (Phi) is 3.76. The first-order valence-corrected chi connectivity index (χ1v) is 5.19. The summed E-state index contributed by atoms with van der Waals surface area (Å²) in [6, 6.07) is 2.22. The molecule has 12 heavy (non-hydrogen) atoms. The highest BCUT2D eigenvalue weighted by Crippen LogP contribution is 2.20. The highest BCUT2D eigenvalue weighted by Gasteiger charge is 2.01. The molecule has 0 saturated heterocycles. The SMILES string of the molecule is CCCOCc1cc(C)sc1C. The molecule has 1 rings (SSSR count). The summed E-state index contributed by atoms with van der Waals surface area (Å²) in [4.78, 5) is 2.77. The number of rotatable bonds is 4. The van der Waals surface area contributed by atoms with Crippen molar-refractivity contribution < 1.29 is 4.74 Å². The van der Waals surface area contributed by atoms with Crippen molar-refractivity contribution in [3.8, 4) is 0 Å². The van der Waals surface area contributed by atoms with Crippen LogP contribution in [0.15, 0.2) is 6.07 Å². The van der Waals surface area contributed by atoms with Gasteiger partial charge < -0.3 is 4.74 Å². The Bertz CT molecular complexity index is 240. The van der Waals surface area contributed by atoms with Crippen molar-refractivity contribution >= 4 is 11.3 Å². The summed E-state index contributed by atoms with van der Waals surface area (Å²) in [5, 5.41) is 0. The van der Waals surface area contributed by atoms with Gasteiger partial charge in [-0.2, -0.15) is 0 Å². The summed E-state index contributed by atoms with van der Waals surface area (Å²) >= 11 is 1.85. The first-order chi connectivity index (χ1) is 5.74. The van der Waals surface area contributed by atoms with E-state index in [1.165, 1.54) is 15.3 Å². The van der Waals surface area contributed by atoms with Crippen molar-refractivity contribution in [3.63, 3.8) is 0 Å². The van der Waals surface area contributed by atoms with Crippen LogP contribution in [0.2, 0.25) is 0 Å². The van der Waals surface area contributed by atoms with E-state index in [9.17, 15) is 0 Å². The smallest absolute Gasteiger partial charge is 0.0727 e. The molecule has 0 atom stereocenters. The minimum absolute atomic E-state index is 0.782. The zero-order valence-corrected chi connectivity index (χ0v) is 8.83. The zero-order chi connectivity index (χ0) is 8.97. The molecule has 1 nitrogen and oxygen atoms in total. The topological polar surface area (TPSA) is 9.23 Å². The lowest BCUT2D eigenvalue weighted by Gasteiger charge is -2.00. The second-order valence-corrected chi connectivity index (χ2v) is 4.45. The fourth-order valence-electron chi connectivity index (χ4n) is 1.15. The molecule has 1 heterocycles. The van der Waals surface area contributed by atoms with Gasteiger partial charge in [0.25, 0.3) is 0 Å². The minimum Gasteiger partial charge on any atom is -0.377 e. The highest BCUT2D eigenvalue weighted by atomic mass is 32.1. The van der Waals surface area contributed by atoms with Crippen molar-refractivity contribution in [2.45, 2.75) is 33.8 Å². The van der Waals surface area contributed by atoms with Crippen LogP contribution < -0.4 is 0 Å². The lowest BCUT2D eigenvalue weighted by Crippen LogP contribution is -1.93. The Morgan fingerprint density at radius 1 is 1.42 bits per heavy atom. The quantitative estimate of drug-likeness (QED) is 0.652. The summed E-state index contributed by atoms with van der Waals surface area (Å²) in [5.74, 6) is 0. The lowest BCUT2D eigenvalue weighted by molar-refractivity contribution is 0.121. The second-order valence-electron chi connectivity index (χ2n) is 2.99. The van der Waals surface area contributed by atoms with Gasteiger partial charge in [-0.15, -0.1) is 11.3 Å². The van der Waals surface area contributed by atoms with Gasteiger partial charge in [-0.1, -0.05) is 6.92 Å². The normalized spacial score (nSPS) is 10.6. The Balaban J connectivity index is 2.45. The third-order valence-corrected chi connectivity index (χ3v) is 2.76. The zero-order valence-electron chi connectivity index (χ0n) is 8.02. The number of thiophene rings is 1. The highest BCUT2D eigenvalue weighted by molar-refractivity contribution is 7.12. The number of ether oxygens (including phenoxy) is 1. The molecule has 0 saturated carbocycles. The fourth-order valence-corrected chi connectivity index (χ4v) is 2.09. The van der Waals surface area contributed by atoms with Crippen LogP contribution in [0.3, 0.4) is 0 Å². The predicted octanol–water partition coefficient (Wildman–Crippen LogP) is 3.29. The van der Waals surface area contributed by atoms with Gasteiger partial charge in [-0.05, 0) is 31.9 Å². The van der Waals surface area contributed by atoms with E-state index >= 15 is 0 Å². The fraction of sp³-hybridized carbons (Fsp3) is 0.600. The van der Waals surface area contributed by atoms with E-state index in [0.29, 0.717) is 0 Å². The molecule has 0 radical (unpaired) electrons. The Morgan fingerprint density at radius 2 is 2.17 bits per heavy atom. The van der Waals surface area contributed by atoms with E-state index < -0.39 is 0 Å². The maximum atomic E-state index is 5.47. The van der Waals surface area contributed by atoms with E-state index in [1.54, 1.807) is 0 Å². The van der Waals surface area contributed by atoms with Crippen molar-refractivity contribution in [2.75, 3.05) is 6.61 Å². The van der Waals surface area contributed by atoms with Gasteiger partial charge in [0.05, 0.1) is 6.61 Å². The molecule has 1 aromatic rings. The summed E-state index contributed by atoms with van der Waals surface area (Å²) < 4.78 is 5.47. The molecule has 0 N–H and O–H groups in total. The summed E-state index contributed by atoms with van der Waals surface area (Å²) in [7, 11) is 0. The van der Waals surface area contributed by atoms with E-state index in [0.717, 1.165) is 19.6 Å². The molecule has 2 heteroatoms. The van der Waals surface area contributed by atoms with Crippen LogP contribution in [0.4, 0.5) is 0 Å². The molecule has 0 aromatic carbocycles. The van der Waals surface area contributed by atoms with Gasteiger partial charge in [0.1, 0.15) is 0 Å². The van der Waals surface area contributed by atoms with Gasteiger partial charge in [-0.25, -0.2) is 0 Å². The third kappa shape index (κ3) is 2.61. The molecule has 0 fully saturated rings. The Morgan fingerprint density at radius 3 is 2.67 bits per heavy atom. The molecule has 0 aliphatic rings. The Hall–Kier alpha value is -0.340. The maximum Gasteiger partial charge on any atom is 0.0727 e. The van der Waals surface area contributed by atoms with Crippen LogP contribution in [0, 0.1) is 13.8 Å². The first kappa shape index (κ1) is 9.75. The minimum atomic E-state index is 0.782. The van der Waals surface area contributed by atoms with E-state index in [1.807, 2.05) is 11.3 Å². The van der Waals surface area contributed by atoms with E-state index in [4.69, 9.17) is 4.74 Å². The number of hydrogen-bond donors (Lipinski definition) is 0. The van der Waals surface area contributed by atoms with Gasteiger partial charge in [-0.3, -0.25) is 0 Å². The molecule has 0 amide bonds. The van der Waals surface area contributed by atoms with Crippen molar-refractivity contribution in [3.05, 3.63) is 21.4 Å². The first-order valence-electron chi connectivity index (χ1n) is 4.37. The third-order valence-electron chi connectivity index (χ3n) is 1.75. The molecule has 68 valence electrons. The van der Waals surface area contributed by atoms with Gasteiger partial charge in [0, 0.05) is 16.4 Å². The van der Waals surface area contributed by atoms with Crippen LogP contribution in [0.25, 0.3) is 0 Å². The molecule has 0 spiro atoms. The van der Waals surface area contributed by atoms with Gasteiger partial charge in [0.2, 0.25) is 0 Å². The average molecular weight is 184 g/mol. The summed E-state index contributed by atoms with van der Waals surface area (Å²) in [5.41, 5.74) is 1.35. The molecule has 0 bridgehead atoms. The largest absolute Gasteiger partial charge is 0.377 e. The molecular weight excluding hydrogens is 168 g/mol. The summed E-state index contributed by atoms with van der Waals surface area (Å²) in [6.07, 6.45) is 1.10. The van der Waals surface area contributed by atoms with E-state index in [2.05, 4.69) is 26.8 Å². The number of hydrogen-bond acceptors (Lipinski definition) is 2. The maximum absolute atomic E-state index is 5.47. The molecule has 0 aliphatic carbocycles. The van der Waals surface area contributed by atoms with Crippen molar-refractivity contribution in [1.29, 1.82) is 0 Å². The van der Waals surface area contributed by atoms with Crippen LogP contribution in [0.5, 0.6) is 0 Å². The Labute approximate surface area is 78.4 Å². The van der Waals surface area contributed by atoms with Crippen LogP contribution in [-0.2, 0) is 11.3 Å². The molecule has 1 aromatic heterocycles. The second kappa shape index (κ2) is 4.63. The standard InChI is InChI=1S/C10H16OS/c1-4-5-11-7-10-6-8(2)12-9(10)3/h6H,4-5,7H2,1-3H3. The average Bonchev–Trinajstić information content (AvgIpc) is 2.31. The van der Waals surface area contributed by atoms with E-state index in [-0.39, 0.29) is 0 Å². The van der Waals surface area contributed by atoms with Crippen LogP contribution >= 0.6 is 11.3 Å². The van der Waals surface area contributed by atoms with Crippen molar-refractivity contribution in [1.82, 2.24) is 0 Å². The van der Waals surface area contributed by atoms with Crippen LogP contribution in [-0.4, -0.2) is 6.61 Å².